The van der Waals surface area contributed by atoms with Crippen molar-refractivity contribution in [2.24, 2.45) is 5.92 Å². The molecule has 2 rings (SSSR count). The topological polar surface area (TPSA) is 33.1 Å². The van der Waals surface area contributed by atoms with E-state index in [1.807, 2.05) is 6.07 Å². The van der Waals surface area contributed by atoms with Gasteiger partial charge in [0.1, 0.15) is 0 Å². The fraction of sp³-hybridized carbons (Fsp3) is 0.615. The second kappa shape index (κ2) is 5.61. The van der Waals surface area contributed by atoms with Crippen molar-refractivity contribution < 1.29 is 13.9 Å². The van der Waals surface area contributed by atoms with Crippen molar-refractivity contribution in [3.8, 4) is 0 Å². The van der Waals surface area contributed by atoms with Crippen molar-refractivity contribution in [1.29, 1.82) is 0 Å². The van der Waals surface area contributed by atoms with Crippen LogP contribution in [-0.4, -0.2) is 22.1 Å². The maximum absolute atomic E-state index is 13.0. The van der Waals surface area contributed by atoms with E-state index < -0.39 is 12.0 Å². The van der Waals surface area contributed by atoms with E-state index in [2.05, 4.69) is 20.9 Å². The molecule has 1 heterocycles. The molecule has 1 aromatic heterocycles. The molecule has 0 amide bonds. The molecule has 0 saturated heterocycles. The molecule has 1 unspecified atom stereocenters. The molecule has 18 heavy (non-hydrogen) atoms. The van der Waals surface area contributed by atoms with Gasteiger partial charge >= 0.3 is 0 Å². The Morgan fingerprint density at radius 2 is 2.06 bits per heavy atom. The number of nitrogens with zero attached hydrogens (tertiary/aromatic N) is 1. The molecule has 1 fully saturated rings. The smallest absolute Gasteiger partial charge is 0.248 e. The van der Waals surface area contributed by atoms with Crippen LogP contribution in [-0.2, 0) is 6.42 Å². The number of pyridine rings is 1. The number of aliphatic hydroxyl groups is 1. The quantitative estimate of drug-likeness (QED) is 0.923. The molecule has 0 spiro atoms. The molecule has 0 bridgehead atoms. The summed E-state index contributed by atoms with van der Waals surface area (Å²) in [6.07, 6.45) is 3.88. The lowest BCUT2D eigenvalue weighted by molar-refractivity contribution is -0.0619. The summed E-state index contributed by atoms with van der Waals surface area (Å²) in [6.45, 7) is 0. The standard InChI is InChI=1S/C13H16BrF2NO/c14-11-5-9(7-17-8-11)6-12(18)10-1-3-13(15,16)4-2-10/h5,7-8,10,12,18H,1-4,6H2. The van der Waals surface area contributed by atoms with Gasteiger partial charge in [0.05, 0.1) is 6.10 Å². The molecule has 100 valence electrons. The molecule has 1 aliphatic carbocycles. The lowest BCUT2D eigenvalue weighted by atomic mass is 9.81. The van der Waals surface area contributed by atoms with Crippen LogP contribution in [0.2, 0.25) is 0 Å². The Labute approximate surface area is 114 Å². The van der Waals surface area contributed by atoms with Crippen LogP contribution in [0, 0.1) is 5.92 Å². The highest BCUT2D eigenvalue weighted by Gasteiger charge is 2.37. The first-order valence-corrected chi connectivity index (χ1v) is 6.91. The summed E-state index contributed by atoms with van der Waals surface area (Å²) in [4.78, 5) is 4.03. The highest BCUT2D eigenvalue weighted by atomic mass is 79.9. The van der Waals surface area contributed by atoms with Crippen molar-refractivity contribution in [3.63, 3.8) is 0 Å². The Hall–Kier alpha value is -0.550. The third-order valence-corrected chi connectivity index (χ3v) is 3.95. The lowest BCUT2D eigenvalue weighted by Gasteiger charge is -2.31. The normalized spacial score (nSPS) is 21.8. The Balaban J connectivity index is 1.91. The van der Waals surface area contributed by atoms with E-state index in [1.165, 1.54) is 0 Å². The lowest BCUT2D eigenvalue weighted by Crippen LogP contribution is -2.32. The number of aromatic nitrogens is 1. The number of alkyl halides is 2. The zero-order valence-electron chi connectivity index (χ0n) is 9.95. The Morgan fingerprint density at radius 3 is 2.67 bits per heavy atom. The van der Waals surface area contributed by atoms with Gasteiger partial charge in [-0.25, -0.2) is 8.78 Å². The predicted octanol–water partition coefficient (Wildman–Crippen LogP) is 3.57. The fourth-order valence-corrected chi connectivity index (χ4v) is 2.84. The van der Waals surface area contributed by atoms with Crippen LogP contribution in [0.3, 0.4) is 0 Å². The summed E-state index contributed by atoms with van der Waals surface area (Å²) in [5, 5.41) is 10.1. The van der Waals surface area contributed by atoms with Crippen LogP contribution in [0.1, 0.15) is 31.2 Å². The molecule has 0 radical (unpaired) electrons. The van der Waals surface area contributed by atoms with Gasteiger partial charge in [0.15, 0.2) is 0 Å². The van der Waals surface area contributed by atoms with E-state index in [-0.39, 0.29) is 18.8 Å². The van der Waals surface area contributed by atoms with E-state index in [4.69, 9.17) is 0 Å². The number of hydrogen-bond acceptors (Lipinski definition) is 2. The minimum absolute atomic E-state index is 0.0244. The molecule has 0 aromatic carbocycles. The van der Waals surface area contributed by atoms with Gasteiger partial charge in [0.2, 0.25) is 5.92 Å². The number of rotatable bonds is 3. The molecule has 1 saturated carbocycles. The maximum Gasteiger partial charge on any atom is 0.248 e. The summed E-state index contributed by atoms with van der Waals surface area (Å²) in [5.74, 6) is -2.56. The van der Waals surface area contributed by atoms with Crippen LogP contribution in [0.25, 0.3) is 0 Å². The van der Waals surface area contributed by atoms with Gasteiger partial charge in [-0.2, -0.15) is 0 Å². The molecule has 1 atom stereocenters. The average molecular weight is 320 g/mol. The minimum atomic E-state index is -2.53. The number of halogens is 3. The number of hydrogen-bond donors (Lipinski definition) is 1. The van der Waals surface area contributed by atoms with Gasteiger partial charge in [-0.15, -0.1) is 0 Å². The van der Waals surface area contributed by atoms with Crippen molar-refractivity contribution in [2.45, 2.75) is 44.1 Å². The van der Waals surface area contributed by atoms with Crippen LogP contribution in [0.5, 0.6) is 0 Å². The zero-order chi connectivity index (χ0) is 13.2. The first kappa shape index (κ1) is 13.9. The summed E-state index contributed by atoms with van der Waals surface area (Å²) in [7, 11) is 0. The number of aliphatic hydroxyl groups excluding tert-OH is 1. The van der Waals surface area contributed by atoms with E-state index in [0.717, 1.165) is 10.0 Å². The van der Waals surface area contributed by atoms with Gasteiger partial charge in [0.25, 0.3) is 0 Å². The monoisotopic (exact) mass is 319 g/mol. The minimum Gasteiger partial charge on any atom is -0.392 e. The second-order valence-electron chi connectivity index (χ2n) is 4.98. The van der Waals surface area contributed by atoms with Crippen LogP contribution >= 0.6 is 15.9 Å². The molecule has 2 nitrogen and oxygen atoms in total. The highest BCUT2D eigenvalue weighted by molar-refractivity contribution is 9.10. The van der Waals surface area contributed by atoms with Crippen LogP contribution < -0.4 is 0 Å². The molecular formula is C13H16BrF2NO. The highest BCUT2D eigenvalue weighted by Crippen LogP contribution is 2.37. The third kappa shape index (κ3) is 3.72. The summed E-state index contributed by atoms with van der Waals surface area (Å²) >= 11 is 3.32. The SMILES string of the molecule is OC(Cc1cncc(Br)c1)C1CCC(F)(F)CC1. The third-order valence-electron chi connectivity index (χ3n) is 3.51. The zero-order valence-corrected chi connectivity index (χ0v) is 11.5. The van der Waals surface area contributed by atoms with Crippen molar-refractivity contribution >= 4 is 15.9 Å². The van der Waals surface area contributed by atoms with Crippen LogP contribution in [0.4, 0.5) is 8.78 Å². The molecule has 1 N–H and O–H groups in total. The fourth-order valence-electron chi connectivity index (χ4n) is 2.42. The van der Waals surface area contributed by atoms with Crippen molar-refractivity contribution in [3.05, 3.63) is 28.5 Å². The van der Waals surface area contributed by atoms with E-state index >= 15 is 0 Å². The van der Waals surface area contributed by atoms with E-state index in [1.54, 1.807) is 12.4 Å². The largest absolute Gasteiger partial charge is 0.392 e. The molecule has 1 aromatic rings. The average Bonchev–Trinajstić information content (AvgIpc) is 2.28. The molecule has 5 heteroatoms. The summed E-state index contributed by atoms with van der Waals surface area (Å²) in [6, 6.07) is 1.90. The Morgan fingerprint density at radius 1 is 1.39 bits per heavy atom. The van der Waals surface area contributed by atoms with Gasteiger partial charge in [-0.3, -0.25) is 4.98 Å². The first-order valence-electron chi connectivity index (χ1n) is 6.11. The van der Waals surface area contributed by atoms with E-state index in [9.17, 15) is 13.9 Å². The van der Waals surface area contributed by atoms with Crippen LogP contribution in [0.15, 0.2) is 22.9 Å². The Kier molecular flexibility index (Phi) is 4.33. The van der Waals surface area contributed by atoms with Crippen molar-refractivity contribution in [2.75, 3.05) is 0 Å². The summed E-state index contributed by atoms with van der Waals surface area (Å²) in [5.41, 5.74) is 0.925. The Bertz CT molecular complexity index is 404. The van der Waals surface area contributed by atoms with Gasteiger partial charge in [0, 0.05) is 36.1 Å². The predicted molar refractivity (Wildman–Crippen MR) is 68.6 cm³/mol. The summed E-state index contributed by atoms with van der Waals surface area (Å²) < 4.78 is 26.9. The second-order valence-corrected chi connectivity index (χ2v) is 5.89. The molecular weight excluding hydrogens is 304 g/mol. The maximum atomic E-state index is 13.0. The molecule has 1 aliphatic rings. The van der Waals surface area contributed by atoms with Crippen molar-refractivity contribution in [1.82, 2.24) is 4.98 Å². The van der Waals surface area contributed by atoms with Gasteiger partial charge in [-0.1, -0.05) is 0 Å². The molecule has 0 aliphatic heterocycles. The first-order chi connectivity index (χ1) is 8.46. The van der Waals surface area contributed by atoms with E-state index in [0.29, 0.717) is 19.3 Å². The van der Waals surface area contributed by atoms with Gasteiger partial charge in [-0.05, 0) is 46.3 Å². The van der Waals surface area contributed by atoms with Gasteiger partial charge < -0.3 is 5.11 Å².